The van der Waals surface area contributed by atoms with Gasteiger partial charge in [0.15, 0.2) is 0 Å². The third kappa shape index (κ3) is 6.00. The molecule has 1 amide bonds. The van der Waals surface area contributed by atoms with E-state index in [1.165, 1.54) is 10.6 Å². The Labute approximate surface area is 229 Å². The van der Waals surface area contributed by atoms with E-state index in [0.717, 1.165) is 23.1 Å². The second-order valence-electron chi connectivity index (χ2n) is 9.50. The molecule has 0 bridgehead atoms. The number of aromatic nitrogens is 3. The quantitative estimate of drug-likeness (QED) is 0.260. The number of nitrogens with zero attached hydrogens (tertiary/aromatic N) is 2. The summed E-state index contributed by atoms with van der Waals surface area (Å²) in [5, 5.41) is 14.5. The zero-order valence-corrected chi connectivity index (χ0v) is 22.4. The highest BCUT2D eigenvalue weighted by atomic mass is 35.5. The molecule has 0 fully saturated rings. The summed E-state index contributed by atoms with van der Waals surface area (Å²) < 4.78 is 13.3. The number of carboxylic acid groups (broad SMARTS) is 1. The molecular weight excluding hydrogens is 520 g/mol. The molecule has 0 aliphatic heterocycles. The lowest BCUT2D eigenvalue weighted by molar-refractivity contribution is -0.138. The number of halogens is 1. The third-order valence-electron chi connectivity index (χ3n) is 6.74. The van der Waals surface area contributed by atoms with Gasteiger partial charge in [-0.2, -0.15) is 4.98 Å². The number of rotatable bonds is 10. The smallest absolute Gasteiger partial charge is 0.305 e. The second kappa shape index (κ2) is 11.3. The van der Waals surface area contributed by atoms with Gasteiger partial charge in [0, 0.05) is 41.6 Å². The topological polar surface area (TPSA) is 118 Å². The monoisotopic (exact) mass is 548 g/mol. The van der Waals surface area contributed by atoms with Crippen molar-refractivity contribution in [2.24, 2.45) is 7.05 Å². The molecule has 3 N–H and O–H groups in total. The first-order chi connectivity index (χ1) is 18.8. The van der Waals surface area contributed by atoms with Crippen LogP contribution < -0.4 is 20.6 Å². The van der Waals surface area contributed by atoms with Crippen LogP contribution in [0.3, 0.4) is 0 Å². The maximum absolute atomic E-state index is 12.7. The van der Waals surface area contributed by atoms with Crippen LogP contribution in [0, 0.1) is 6.92 Å². The number of carboxylic acids is 1. The van der Waals surface area contributed by atoms with Crippen LogP contribution in [-0.2, 0) is 16.6 Å². The molecule has 1 unspecified atom stereocenters. The van der Waals surface area contributed by atoms with E-state index in [9.17, 15) is 9.59 Å². The number of H-pyrrole nitrogens is 1. The van der Waals surface area contributed by atoms with Crippen LogP contribution >= 0.6 is 11.6 Å². The van der Waals surface area contributed by atoms with Gasteiger partial charge in [0.1, 0.15) is 5.75 Å². The summed E-state index contributed by atoms with van der Waals surface area (Å²) >= 11 is 6.68. The Morgan fingerprint density at radius 3 is 2.90 bits per heavy atom. The van der Waals surface area contributed by atoms with Crippen molar-refractivity contribution in [2.45, 2.75) is 25.7 Å². The Kier molecular flexibility index (Phi) is 7.72. The predicted octanol–water partition coefficient (Wildman–Crippen LogP) is 3.63. The number of aryl methyl sites for hydroxylation is 2. The normalized spacial score (nSPS) is 14.4. The van der Waals surface area contributed by atoms with Crippen molar-refractivity contribution in [3.8, 4) is 11.8 Å². The summed E-state index contributed by atoms with van der Waals surface area (Å²) in [4.78, 5) is 31.0. The Hall–Kier alpha value is -4.08. The van der Waals surface area contributed by atoms with Crippen LogP contribution in [0.5, 0.6) is 11.8 Å². The molecular formula is C29H29ClN4O5. The van der Waals surface area contributed by atoms with E-state index in [2.05, 4.69) is 44.3 Å². The minimum absolute atomic E-state index is 0.0755. The number of imidazole rings is 1. The van der Waals surface area contributed by atoms with Crippen molar-refractivity contribution in [1.29, 1.82) is 0 Å². The molecule has 202 valence electrons. The first-order valence-electron chi connectivity index (χ1n) is 12.7. The van der Waals surface area contributed by atoms with E-state index < -0.39 is 5.97 Å². The van der Waals surface area contributed by atoms with Gasteiger partial charge in [-0.1, -0.05) is 29.8 Å². The number of hydrogen-bond acceptors (Lipinski definition) is 5. The number of carbonyl (C=O) groups is 2. The maximum Gasteiger partial charge on any atom is 0.305 e. The number of nitrogens with one attached hydrogen (secondary N) is 2. The average Bonchev–Trinajstić information content (AvgIpc) is 3.48. The van der Waals surface area contributed by atoms with Crippen LogP contribution in [0.2, 0.25) is 5.02 Å². The van der Waals surface area contributed by atoms with Gasteiger partial charge in [-0.3, -0.25) is 9.59 Å². The fraction of sp³-hybridized carbons (Fsp3) is 0.276. The van der Waals surface area contributed by atoms with Crippen LogP contribution in [-0.4, -0.2) is 51.3 Å². The molecule has 1 atom stereocenters. The van der Waals surface area contributed by atoms with Crippen molar-refractivity contribution >= 4 is 46.7 Å². The molecule has 2 aromatic heterocycles. The summed E-state index contributed by atoms with van der Waals surface area (Å²) in [6.07, 6.45) is 7.32. The summed E-state index contributed by atoms with van der Waals surface area (Å²) in [6, 6.07) is 11.5. The lowest BCUT2D eigenvalue weighted by Gasteiger charge is -2.15. The molecule has 1 aliphatic carbocycles. The van der Waals surface area contributed by atoms with E-state index in [4.69, 9.17) is 26.2 Å². The lowest BCUT2D eigenvalue weighted by atomic mass is 9.91. The maximum atomic E-state index is 12.7. The highest BCUT2D eigenvalue weighted by Gasteiger charge is 2.18. The SMILES string of the molecule is Cc1ccc(Oc2nc3cc(Cl)c(C4C=c5ccn(C)c5=CC4)cc3[nH]2)cc1C(=O)NCCOCCC(=O)O. The summed E-state index contributed by atoms with van der Waals surface area (Å²) in [5.74, 6) is -0.583. The van der Waals surface area contributed by atoms with Gasteiger partial charge in [0.2, 0.25) is 0 Å². The first kappa shape index (κ1) is 26.5. The molecule has 1 aliphatic rings. The largest absolute Gasteiger partial charge is 0.481 e. The zero-order valence-electron chi connectivity index (χ0n) is 21.7. The minimum Gasteiger partial charge on any atom is -0.481 e. The number of carbonyl (C=O) groups excluding carboxylic acids is 1. The van der Waals surface area contributed by atoms with Crippen molar-refractivity contribution in [3.63, 3.8) is 0 Å². The highest BCUT2D eigenvalue weighted by molar-refractivity contribution is 6.32. The second-order valence-corrected chi connectivity index (χ2v) is 9.91. The number of benzene rings is 2. The Morgan fingerprint density at radius 1 is 1.23 bits per heavy atom. The highest BCUT2D eigenvalue weighted by Crippen LogP contribution is 2.34. The predicted molar refractivity (Wildman–Crippen MR) is 149 cm³/mol. The van der Waals surface area contributed by atoms with E-state index in [0.29, 0.717) is 27.9 Å². The van der Waals surface area contributed by atoms with E-state index in [1.807, 2.05) is 26.1 Å². The number of hydrogen-bond donors (Lipinski definition) is 3. The van der Waals surface area contributed by atoms with Gasteiger partial charge in [0.05, 0.1) is 30.7 Å². The number of ether oxygens (including phenoxy) is 2. The number of aliphatic carboxylic acids is 1. The van der Waals surface area contributed by atoms with Gasteiger partial charge in [-0.05, 0) is 60.0 Å². The van der Waals surface area contributed by atoms with Gasteiger partial charge in [0.25, 0.3) is 11.9 Å². The summed E-state index contributed by atoms with van der Waals surface area (Å²) in [6.45, 7) is 2.42. The average molecular weight is 549 g/mol. The van der Waals surface area contributed by atoms with Crippen molar-refractivity contribution in [1.82, 2.24) is 19.9 Å². The molecule has 39 heavy (non-hydrogen) atoms. The van der Waals surface area contributed by atoms with Crippen molar-refractivity contribution < 1.29 is 24.2 Å². The number of aromatic amines is 1. The fourth-order valence-electron chi connectivity index (χ4n) is 4.68. The van der Waals surface area contributed by atoms with Gasteiger partial charge in [-0.25, -0.2) is 0 Å². The molecule has 5 rings (SSSR count). The summed E-state index contributed by atoms with van der Waals surface area (Å²) in [7, 11) is 2.04. The standard InChI is InChI=1S/C29H29ClN4O5/c1-17-3-5-20(14-21(17)28(37)31-9-12-38-11-8-27(35)36)39-29-32-24-15-22(23(30)16-25(24)33-29)18-4-6-26-19(13-18)7-10-34(26)2/h3,5-7,10,13-16,18H,4,8-9,11-12H2,1-2H3,(H,31,37)(H,32,33)(H,35,36). The molecule has 0 radical (unpaired) electrons. The molecule has 9 nitrogen and oxygen atoms in total. The Morgan fingerprint density at radius 2 is 2.08 bits per heavy atom. The first-order valence-corrected chi connectivity index (χ1v) is 13.0. The molecule has 10 heteroatoms. The van der Waals surface area contributed by atoms with Crippen LogP contribution in [0.25, 0.3) is 23.2 Å². The van der Waals surface area contributed by atoms with E-state index in [1.54, 1.807) is 18.2 Å². The van der Waals surface area contributed by atoms with Crippen LogP contribution in [0.1, 0.15) is 40.2 Å². The molecule has 0 saturated carbocycles. The summed E-state index contributed by atoms with van der Waals surface area (Å²) in [5.41, 5.74) is 3.77. The Balaban J connectivity index is 1.28. The molecule has 2 aromatic carbocycles. The van der Waals surface area contributed by atoms with E-state index in [-0.39, 0.29) is 38.0 Å². The number of fused-ring (bicyclic) bond motifs is 2. The number of amides is 1. The molecule has 0 saturated heterocycles. The third-order valence-corrected chi connectivity index (χ3v) is 7.07. The lowest BCUT2D eigenvalue weighted by Crippen LogP contribution is -2.30. The molecule has 0 spiro atoms. The van der Waals surface area contributed by atoms with Gasteiger partial charge >= 0.3 is 5.97 Å². The van der Waals surface area contributed by atoms with Crippen molar-refractivity contribution in [3.05, 3.63) is 74.9 Å². The van der Waals surface area contributed by atoms with Crippen molar-refractivity contribution in [2.75, 3.05) is 19.8 Å². The zero-order chi connectivity index (χ0) is 27.5. The molecule has 2 heterocycles. The Bertz CT molecular complexity index is 1670. The van der Waals surface area contributed by atoms with Crippen LogP contribution in [0.4, 0.5) is 0 Å². The molecule has 4 aromatic rings. The van der Waals surface area contributed by atoms with E-state index >= 15 is 0 Å². The fourth-order valence-corrected chi connectivity index (χ4v) is 4.97. The van der Waals surface area contributed by atoms with Gasteiger partial charge in [-0.15, -0.1) is 0 Å². The van der Waals surface area contributed by atoms with Gasteiger partial charge < -0.3 is 29.4 Å². The minimum atomic E-state index is -0.924. The van der Waals surface area contributed by atoms with Crippen LogP contribution in [0.15, 0.2) is 42.6 Å².